The van der Waals surface area contributed by atoms with Crippen LogP contribution in [0.3, 0.4) is 0 Å². The number of terminal acetylenes is 1. The number of aryl methyl sites for hydroxylation is 1. The van der Waals surface area contributed by atoms with E-state index in [2.05, 4.69) is 77.4 Å². The van der Waals surface area contributed by atoms with Crippen molar-refractivity contribution < 1.29 is 14.2 Å². The van der Waals surface area contributed by atoms with E-state index in [0.717, 1.165) is 85.5 Å². The van der Waals surface area contributed by atoms with Gasteiger partial charge in [0.05, 0.1) is 49.7 Å². The Bertz CT molecular complexity index is 2330. The minimum atomic E-state index is 0.593. The summed E-state index contributed by atoms with van der Waals surface area (Å²) in [5.41, 5.74) is 12.5. The van der Waals surface area contributed by atoms with Crippen LogP contribution in [0.4, 0.5) is 0 Å². The molecule has 0 radical (unpaired) electrons. The fourth-order valence-electron chi connectivity index (χ4n) is 6.82. The number of aromatic nitrogens is 4. The van der Waals surface area contributed by atoms with Crippen molar-refractivity contribution >= 4 is 46.4 Å². The topological polar surface area (TPSA) is 85.0 Å². The molecular formula is C43H40N4O3. The fraction of sp³-hybridized carbons (Fsp3) is 0.209. The van der Waals surface area contributed by atoms with Crippen molar-refractivity contribution in [2.75, 3.05) is 21.3 Å². The SMILES string of the molecule is C#Cc1ccccc1-c1c2nc(c(-c3c(OC)cc(OC)cc3OC)c3ccc(cc4nc(c(CCCCCC)c5ccc1[nH]5)C=C4)[nH]3)C=C2. The molecule has 8 bridgehead atoms. The molecule has 0 saturated carbocycles. The Hall–Kier alpha value is -6.00. The normalized spacial score (nSPS) is 11.8. The van der Waals surface area contributed by atoms with E-state index in [0.29, 0.717) is 17.2 Å². The van der Waals surface area contributed by atoms with Crippen LogP contribution in [0, 0.1) is 12.3 Å². The summed E-state index contributed by atoms with van der Waals surface area (Å²) < 4.78 is 17.5. The lowest BCUT2D eigenvalue weighted by Crippen LogP contribution is -1.97. The van der Waals surface area contributed by atoms with Gasteiger partial charge in [0.1, 0.15) is 17.2 Å². The average Bonchev–Trinajstić information content (AvgIpc) is 3.98. The van der Waals surface area contributed by atoms with Crippen LogP contribution in [0.2, 0.25) is 0 Å². The average molecular weight is 661 g/mol. The summed E-state index contributed by atoms with van der Waals surface area (Å²) >= 11 is 0. The number of aromatic amines is 2. The lowest BCUT2D eigenvalue weighted by atomic mass is 9.98. The van der Waals surface area contributed by atoms with Gasteiger partial charge in [-0.1, -0.05) is 50.3 Å². The van der Waals surface area contributed by atoms with Crippen LogP contribution in [-0.4, -0.2) is 41.3 Å². The Morgan fingerprint density at radius 1 is 0.660 bits per heavy atom. The molecule has 2 aliphatic heterocycles. The van der Waals surface area contributed by atoms with E-state index in [9.17, 15) is 0 Å². The number of methoxy groups -OCH3 is 3. The number of H-pyrrole nitrogens is 2. The number of benzene rings is 2. The highest BCUT2D eigenvalue weighted by atomic mass is 16.5. The molecule has 0 unspecified atom stereocenters. The first kappa shape index (κ1) is 32.5. The molecule has 0 atom stereocenters. The number of ether oxygens (including phenoxy) is 3. The predicted molar refractivity (Wildman–Crippen MR) is 205 cm³/mol. The van der Waals surface area contributed by atoms with Gasteiger partial charge >= 0.3 is 0 Å². The molecule has 0 spiro atoms. The Balaban J connectivity index is 1.62. The third kappa shape index (κ3) is 6.17. The first-order valence-corrected chi connectivity index (χ1v) is 17.0. The van der Waals surface area contributed by atoms with Crippen molar-refractivity contribution in [1.82, 2.24) is 19.9 Å². The molecule has 2 aromatic carbocycles. The van der Waals surface area contributed by atoms with Crippen LogP contribution in [0.15, 0.2) is 66.7 Å². The fourth-order valence-corrected chi connectivity index (χ4v) is 6.82. The van der Waals surface area contributed by atoms with E-state index in [-0.39, 0.29) is 0 Å². The van der Waals surface area contributed by atoms with Crippen LogP contribution in [-0.2, 0) is 6.42 Å². The van der Waals surface area contributed by atoms with E-state index in [1.54, 1.807) is 21.3 Å². The molecule has 2 aliphatic rings. The summed E-state index contributed by atoms with van der Waals surface area (Å²) in [5, 5.41) is 0. The molecule has 0 aliphatic carbocycles. The third-order valence-corrected chi connectivity index (χ3v) is 9.28. The number of nitrogens with zero attached hydrogens (tertiary/aromatic N) is 2. The van der Waals surface area contributed by atoms with Crippen LogP contribution in [0.25, 0.3) is 68.6 Å². The Morgan fingerprint density at radius 3 is 2.10 bits per heavy atom. The van der Waals surface area contributed by atoms with Gasteiger partial charge in [-0.25, -0.2) is 9.97 Å². The van der Waals surface area contributed by atoms with E-state index in [4.69, 9.17) is 30.6 Å². The van der Waals surface area contributed by atoms with Crippen molar-refractivity contribution in [2.45, 2.75) is 39.0 Å². The van der Waals surface area contributed by atoms with Gasteiger partial charge in [-0.2, -0.15) is 0 Å². The summed E-state index contributed by atoms with van der Waals surface area (Å²) in [7, 11) is 4.91. The van der Waals surface area contributed by atoms with Crippen LogP contribution in [0.5, 0.6) is 17.2 Å². The van der Waals surface area contributed by atoms with Crippen molar-refractivity contribution in [3.05, 3.63) is 101 Å². The van der Waals surface area contributed by atoms with Crippen LogP contribution < -0.4 is 14.2 Å². The number of nitrogens with one attached hydrogen (secondary N) is 2. The molecule has 50 heavy (non-hydrogen) atoms. The first-order valence-electron chi connectivity index (χ1n) is 17.0. The van der Waals surface area contributed by atoms with Gasteiger partial charge < -0.3 is 24.2 Å². The van der Waals surface area contributed by atoms with Crippen LogP contribution in [0.1, 0.15) is 66.5 Å². The number of hydrogen-bond donors (Lipinski definition) is 2. The maximum atomic E-state index is 6.09. The molecule has 5 aromatic rings. The van der Waals surface area contributed by atoms with Gasteiger partial charge in [0.2, 0.25) is 0 Å². The molecule has 0 amide bonds. The minimum absolute atomic E-state index is 0.593. The lowest BCUT2D eigenvalue weighted by Gasteiger charge is -2.16. The maximum Gasteiger partial charge on any atom is 0.134 e. The van der Waals surface area contributed by atoms with Gasteiger partial charge in [-0.15, -0.1) is 6.42 Å². The monoisotopic (exact) mass is 660 g/mol. The summed E-state index contributed by atoms with van der Waals surface area (Å²) in [4.78, 5) is 17.9. The van der Waals surface area contributed by atoms with Gasteiger partial charge in [0.15, 0.2) is 0 Å². The zero-order valence-corrected chi connectivity index (χ0v) is 28.9. The highest BCUT2D eigenvalue weighted by Gasteiger charge is 2.23. The highest BCUT2D eigenvalue weighted by molar-refractivity contribution is 5.98. The second kappa shape index (κ2) is 14.2. The van der Waals surface area contributed by atoms with Crippen molar-refractivity contribution in [2.24, 2.45) is 0 Å². The minimum Gasteiger partial charge on any atom is -0.496 e. The molecule has 0 fully saturated rings. The Kier molecular flexibility index (Phi) is 9.26. The zero-order chi connectivity index (χ0) is 34.6. The first-order chi connectivity index (χ1) is 24.5. The molecule has 7 heteroatoms. The maximum absolute atomic E-state index is 6.09. The Morgan fingerprint density at radius 2 is 1.36 bits per heavy atom. The lowest BCUT2D eigenvalue weighted by molar-refractivity contribution is 0.377. The molecule has 0 saturated heterocycles. The van der Waals surface area contributed by atoms with Crippen LogP contribution >= 0.6 is 0 Å². The van der Waals surface area contributed by atoms with E-state index in [1.807, 2.05) is 36.4 Å². The second-order valence-corrected chi connectivity index (χ2v) is 12.4. The van der Waals surface area contributed by atoms with Crippen molar-refractivity contribution in [1.29, 1.82) is 0 Å². The van der Waals surface area contributed by atoms with Gasteiger partial charge in [0.25, 0.3) is 0 Å². The number of hydrogen-bond acceptors (Lipinski definition) is 5. The molecular weight excluding hydrogens is 620 g/mol. The summed E-state index contributed by atoms with van der Waals surface area (Å²) in [6.45, 7) is 2.24. The standard InChI is InChI=1S/C43H40N4O3/c1-6-8-9-10-15-32-33-18-16-28(44-33)24-29-17-19-37(45-29)42(43-39(49-4)25-30(48-3)26-40(43)50-5)38-23-22-36(47-38)41(35-21-20-34(32)46-35)31-14-12-11-13-27(31)7-2/h2,11-14,16-26,45-46H,6,8-10,15H2,1,3-5H3. The molecule has 2 N–H and O–H groups in total. The number of rotatable bonds is 10. The number of unbranched alkanes of at least 4 members (excludes halogenated alkanes) is 3. The van der Waals surface area contributed by atoms with Gasteiger partial charge in [-0.3, -0.25) is 0 Å². The highest BCUT2D eigenvalue weighted by Crippen LogP contribution is 2.45. The summed E-state index contributed by atoms with van der Waals surface area (Å²) in [6, 6.07) is 22.2. The zero-order valence-electron chi connectivity index (χ0n) is 28.9. The van der Waals surface area contributed by atoms with E-state index in [1.165, 1.54) is 24.8 Å². The van der Waals surface area contributed by atoms with Crippen molar-refractivity contribution in [3.8, 4) is 51.8 Å². The predicted octanol–water partition coefficient (Wildman–Crippen LogP) is 10.1. The number of fused-ring (bicyclic) bond motifs is 8. The molecule has 3 aromatic heterocycles. The van der Waals surface area contributed by atoms with E-state index >= 15 is 0 Å². The molecule has 250 valence electrons. The second-order valence-electron chi connectivity index (χ2n) is 12.4. The quantitative estimate of drug-likeness (QED) is 0.113. The Labute approximate surface area is 292 Å². The molecule has 7 nitrogen and oxygen atoms in total. The van der Waals surface area contributed by atoms with Gasteiger partial charge in [0, 0.05) is 62.0 Å². The van der Waals surface area contributed by atoms with E-state index < -0.39 is 0 Å². The van der Waals surface area contributed by atoms with Crippen molar-refractivity contribution in [3.63, 3.8) is 0 Å². The molecule has 5 heterocycles. The molecule has 7 rings (SSSR count). The summed E-state index contributed by atoms with van der Waals surface area (Å²) in [5.74, 6) is 4.71. The van der Waals surface area contributed by atoms with Gasteiger partial charge in [-0.05, 0) is 73.5 Å². The largest absolute Gasteiger partial charge is 0.496 e. The summed E-state index contributed by atoms with van der Waals surface area (Å²) in [6.07, 6.45) is 20.0. The third-order valence-electron chi connectivity index (χ3n) is 9.28. The smallest absolute Gasteiger partial charge is 0.134 e.